The molecule has 1 N–H and O–H groups in total. The highest BCUT2D eigenvalue weighted by molar-refractivity contribution is 9.10. The van der Waals surface area contributed by atoms with Crippen LogP contribution in [0.25, 0.3) is 11.4 Å². The van der Waals surface area contributed by atoms with Crippen molar-refractivity contribution in [2.75, 3.05) is 18.5 Å². The Morgan fingerprint density at radius 3 is 3.05 bits per heavy atom. The minimum Gasteiger partial charge on any atom is -0.376 e. The van der Waals surface area contributed by atoms with Crippen LogP contribution in [0.5, 0.6) is 0 Å². The summed E-state index contributed by atoms with van der Waals surface area (Å²) < 4.78 is 6.47. The van der Waals surface area contributed by atoms with Crippen LogP contribution in [0.3, 0.4) is 0 Å². The van der Waals surface area contributed by atoms with E-state index in [0.29, 0.717) is 24.1 Å². The number of benzene rings is 1. The number of nitrogens with one attached hydrogen (secondary N) is 1. The van der Waals surface area contributed by atoms with Crippen molar-refractivity contribution < 1.29 is 4.74 Å². The molecule has 0 saturated heterocycles. The fraction of sp³-hybridized carbons (Fsp3) is 0.333. The quantitative estimate of drug-likeness (QED) is 0.887. The Labute approximate surface area is 137 Å². The Morgan fingerprint density at radius 2 is 2.24 bits per heavy atom. The van der Waals surface area contributed by atoms with Gasteiger partial charge in [0.15, 0.2) is 5.82 Å². The molecule has 1 aliphatic rings. The normalized spacial score (nSPS) is 13.9. The minimum atomic E-state index is 0.560. The smallest absolute Gasteiger partial charge is 0.163 e. The molecule has 2 heterocycles. The lowest BCUT2D eigenvalue weighted by Crippen LogP contribution is -2.17. The van der Waals surface area contributed by atoms with Gasteiger partial charge in [-0.15, -0.1) is 0 Å². The average Bonchev–Trinajstić information content (AvgIpc) is 2.50. The van der Waals surface area contributed by atoms with Crippen LogP contribution in [0, 0.1) is 0 Å². The average molecular weight is 369 g/mol. The zero-order valence-corrected chi connectivity index (χ0v) is 14.0. The van der Waals surface area contributed by atoms with E-state index in [4.69, 9.17) is 21.3 Å². The molecule has 4 nitrogen and oxygen atoms in total. The van der Waals surface area contributed by atoms with Crippen LogP contribution in [0.4, 0.5) is 5.82 Å². The van der Waals surface area contributed by atoms with Crippen molar-refractivity contribution in [2.45, 2.75) is 20.0 Å². The Kier molecular flexibility index (Phi) is 4.42. The number of aromatic nitrogens is 2. The summed E-state index contributed by atoms with van der Waals surface area (Å²) in [7, 11) is 0. The Balaban J connectivity index is 2.14. The van der Waals surface area contributed by atoms with Crippen molar-refractivity contribution in [3.05, 3.63) is 39.0 Å². The number of hydrogen-bond donors (Lipinski definition) is 1. The summed E-state index contributed by atoms with van der Waals surface area (Å²) in [6.45, 7) is 4.10. The van der Waals surface area contributed by atoms with Gasteiger partial charge in [-0.05, 0) is 25.1 Å². The monoisotopic (exact) mass is 367 g/mol. The van der Waals surface area contributed by atoms with Crippen molar-refractivity contribution >= 4 is 33.3 Å². The van der Waals surface area contributed by atoms with Gasteiger partial charge in [0.05, 0.1) is 23.9 Å². The van der Waals surface area contributed by atoms with Gasteiger partial charge in [0.25, 0.3) is 0 Å². The van der Waals surface area contributed by atoms with Crippen LogP contribution in [-0.2, 0) is 17.8 Å². The number of nitrogens with zero attached hydrogens (tertiary/aromatic N) is 2. The minimum absolute atomic E-state index is 0.560. The molecule has 110 valence electrons. The molecule has 0 fully saturated rings. The number of fused-ring (bicyclic) bond motifs is 1. The number of halogens is 2. The van der Waals surface area contributed by atoms with Crippen LogP contribution >= 0.6 is 27.5 Å². The maximum absolute atomic E-state index is 6.30. The van der Waals surface area contributed by atoms with E-state index < -0.39 is 0 Å². The molecule has 6 heteroatoms. The second kappa shape index (κ2) is 6.30. The molecule has 2 aromatic rings. The molecule has 0 bridgehead atoms. The van der Waals surface area contributed by atoms with Gasteiger partial charge in [-0.25, -0.2) is 9.97 Å². The van der Waals surface area contributed by atoms with Crippen LogP contribution in [0.2, 0.25) is 5.02 Å². The lowest BCUT2D eigenvalue weighted by molar-refractivity contribution is 0.109. The van der Waals surface area contributed by atoms with Gasteiger partial charge in [0.2, 0.25) is 0 Å². The lowest BCUT2D eigenvalue weighted by Gasteiger charge is -2.20. The van der Waals surface area contributed by atoms with E-state index in [1.807, 2.05) is 25.1 Å². The third kappa shape index (κ3) is 3.05. The van der Waals surface area contributed by atoms with Gasteiger partial charge in [0.1, 0.15) is 5.82 Å². The molecule has 0 saturated carbocycles. The van der Waals surface area contributed by atoms with E-state index in [9.17, 15) is 0 Å². The molecule has 1 aliphatic heterocycles. The Bertz CT molecular complexity index is 678. The highest BCUT2D eigenvalue weighted by atomic mass is 79.9. The predicted octanol–water partition coefficient (Wildman–Crippen LogP) is 4.06. The molecular weight excluding hydrogens is 354 g/mol. The number of rotatable bonds is 3. The zero-order valence-electron chi connectivity index (χ0n) is 11.6. The van der Waals surface area contributed by atoms with Crippen molar-refractivity contribution in [3.63, 3.8) is 0 Å². The summed E-state index contributed by atoms with van der Waals surface area (Å²) in [6, 6.07) is 5.70. The van der Waals surface area contributed by atoms with Gasteiger partial charge in [-0.1, -0.05) is 27.5 Å². The van der Waals surface area contributed by atoms with Crippen molar-refractivity contribution in [3.8, 4) is 11.4 Å². The number of anilines is 1. The fourth-order valence-electron chi connectivity index (χ4n) is 2.33. The molecule has 0 aliphatic carbocycles. The SMILES string of the molecule is CCNc1nc(-c2cc(Br)ccc2Cl)nc2c1COCC2. The first-order valence-electron chi connectivity index (χ1n) is 6.86. The first kappa shape index (κ1) is 14.8. The third-order valence-electron chi connectivity index (χ3n) is 3.34. The van der Waals surface area contributed by atoms with Gasteiger partial charge in [0, 0.05) is 28.6 Å². The summed E-state index contributed by atoms with van der Waals surface area (Å²) in [5, 5.41) is 3.94. The van der Waals surface area contributed by atoms with Crippen molar-refractivity contribution in [2.24, 2.45) is 0 Å². The van der Waals surface area contributed by atoms with E-state index in [2.05, 4.69) is 26.2 Å². The zero-order chi connectivity index (χ0) is 14.8. The number of ether oxygens (including phenoxy) is 1. The maximum Gasteiger partial charge on any atom is 0.163 e. The Hall–Kier alpha value is -1.17. The summed E-state index contributed by atoms with van der Waals surface area (Å²) in [6.07, 6.45) is 0.800. The van der Waals surface area contributed by atoms with Gasteiger partial charge < -0.3 is 10.1 Å². The maximum atomic E-state index is 6.30. The van der Waals surface area contributed by atoms with Gasteiger partial charge in [-0.2, -0.15) is 0 Å². The van der Waals surface area contributed by atoms with E-state index in [-0.39, 0.29) is 0 Å². The molecule has 0 atom stereocenters. The molecule has 0 spiro atoms. The molecule has 0 amide bonds. The first-order valence-corrected chi connectivity index (χ1v) is 8.03. The molecule has 0 unspecified atom stereocenters. The van der Waals surface area contributed by atoms with E-state index in [1.54, 1.807) is 0 Å². The second-order valence-corrected chi connectivity index (χ2v) is 6.10. The molecule has 1 aromatic heterocycles. The van der Waals surface area contributed by atoms with Crippen molar-refractivity contribution in [1.82, 2.24) is 9.97 Å². The van der Waals surface area contributed by atoms with Gasteiger partial charge in [-0.3, -0.25) is 0 Å². The lowest BCUT2D eigenvalue weighted by atomic mass is 10.1. The largest absolute Gasteiger partial charge is 0.376 e. The van der Waals surface area contributed by atoms with E-state index in [1.165, 1.54) is 0 Å². The summed E-state index contributed by atoms with van der Waals surface area (Å²) >= 11 is 9.77. The van der Waals surface area contributed by atoms with Crippen LogP contribution in [0.1, 0.15) is 18.2 Å². The summed E-state index contributed by atoms with van der Waals surface area (Å²) in [4.78, 5) is 9.33. The van der Waals surface area contributed by atoms with Crippen molar-refractivity contribution in [1.29, 1.82) is 0 Å². The Morgan fingerprint density at radius 1 is 1.38 bits per heavy atom. The molecule has 1 aromatic carbocycles. The van der Waals surface area contributed by atoms with Crippen LogP contribution in [0.15, 0.2) is 22.7 Å². The topological polar surface area (TPSA) is 47.0 Å². The first-order chi connectivity index (χ1) is 10.2. The summed E-state index contributed by atoms with van der Waals surface area (Å²) in [5.74, 6) is 1.49. The predicted molar refractivity (Wildman–Crippen MR) is 87.7 cm³/mol. The highest BCUT2D eigenvalue weighted by Crippen LogP contribution is 2.31. The molecule has 0 radical (unpaired) electrons. The molecular formula is C15H15BrClN3O. The second-order valence-electron chi connectivity index (χ2n) is 4.78. The molecule has 3 rings (SSSR count). The van der Waals surface area contributed by atoms with Gasteiger partial charge >= 0.3 is 0 Å². The third-order valence-corrected chi connectivity index (χ3v) is 4.16. The fourth-order valence-corrected chi connectivity index (χ4v) is 2.90. The molecule has 21 heavy (non-hydrogen) atoms. The number of hydrogen-bond acceptors (Lipinski definition) is 4. The highest BCUT2D eigenvalue weighted by Gasteiger charge is 2.19. The standard InChI is InChI=1S/C15H15BrClN3O/c1-2-18-14-11-8-21-6-5-13(11)19-15(20-14)10-7-9(16)3-4-12(10)17/h3-4,7H,2,5-6,8H2,1H3,(H,18,19,20). The van der Waals surface area contributed by atoms with Crippen LogP contribution in [-0.4, -0.2) is 23.1 Å². The van der Waals surface area contributed by atoms with E-state index >= 15 is 0 Å². The van der Waals surface area contributed by atoms with E-state index in [0.717, 1.165) is 40.1 Å². The summed E-state index contributed by atoms with van der Waals surface area (Å²) in [5.41, 5.74) is 2.93. The van der Waals surface area contributed by atoms with Crippen LogP contribution < -0.4 is 5.32 Å².